The fourth-order valence-electron chi connectivity index (χ4n) is 2.87. The highest BCUT2D eigenvalue weighted by molar-refractivity contribution is 5.91. The van der Waals surface area contributed by atoms with Crippen molar-refractivity contribution in [2.45, 2.75) is 44.9 Å². The largest absolute Gasteiger partial charge is 0.485 e. The molecule has 1 fully saturated rings. The third-order valence-corrected chi connectivity index (χ3v) is 4.00. The maximum atomic E-state index is 12.4. The number of nitrogens with one attached hydrogen (secondary N) is 1. The van der Waals surface area contributed by atoms with E-state index in [1.165, 1.54) is 0 Å². The second-order valence-corrected chi connectivity index (χ2v) is 5.55. The van der Waals surface area contributed by atoms with Crippen molar-refractivity contribution in [2.75, 3.05) is 0 Å². The third-order valence-electron chi connectivity index (χ3n) is 4.00. The van der Waals surface area contributed by atoms with Gasteiger partial charge in [-0.25, -0.2) is 4.98 Å². The SMILES string of the molecule is CCn1ccnc1C(=O)N[C@H]1CCC[C@H]1Oc1cnn(C)c1. The first-order chi connectivity index (χ1) is 10.7. The van der Waals surface area contributed by atoms with Crippen molar-refractivity contribution >= 4 is 5.91 Å². The number of aromatic nitrogens is 4. The van der Waals surface area contributed by atoms with Crippen molar-refractivity contribution in [3.63, 3.8) is 0 Å². The van der Waals surface area contributed by atoms with Crippen molar-refractivity contribution in [1.82, 2.24) is 24.6 Å². The summed E-state index contributed by atoms with van der Waals surface area (Å²) in [6.45, 7) is 2.71. The zero-order chi connectivity index (χ0) is 15.5. The Morgan fingerprint density at radius 1 is 1.50 bits per heavy atom. The summed E-state index contributed by atoms with van der Waals surface area (Å²) >= 11 is 0. The van der Waals surface area contributed by atoms with Crippen LogP contribution in [0, 0.1) is 0 Å². The average molecular weight is 303 g/mol. The summed E-state index contributed by atoms with van der Waals surface area (Å²) in [5, 5.41) is 7.16. The number of hydrogen-bond acceptors (Lipinski definition) is 4. The first kappa shape index (κ1) is 14.6. The number of imidazole rings is 1. The van der Waals surface area contributed by atoms with Crippen molar-refractivity contribution in [3.05, 3.63) is 30.6 Å². The van der Waals surface area contributed by atoms with Crippen LogP contribution >= 0.6 is 0 Å². The molecule has 7 nitrogen and oxygen atoms in total. The molecule has 1 N–H and O–H groups in total. The minimum absolute atomic E-state index is 0.00899. The van der Waals surface area contributed by atoms with Crippen LogP contribution in [-0.2, 0) is 13.6 Å². The molecule has 2 atom stereocenters. The zero-order valence-electron chi connectivity index (χ0n) is 12.9. The molecule has 0 aliphatic heterocycles. The molecule has 3 rings (SSSR count). The maximum Gasteiger partial charge on any atom is 0.287 e. The monoisotopic (exact) mass is 303 g/mol. The topological polar surface area (TPSA) is 74.0 Å². The van der Waals surface area contributed by atoms with Crippen molar-refractivity contribution in [3.8, 4) is 5.75 Å². The van der Waals surface area contributed by atoms with Gasteiger partial charge in [-0.15, -0.1) is 0 Å². The molecule has 1 amide bonds. The van der Waals surface area contributed by atoms with E-state index < -0.39 is 0 Å². The van der Waals surface area contributed by atoms with Gasteiger partial charge in [0, 0.05) is 26.0 Å². The van der Waals surface area contributed by atoms with Gasteiger partial charge >= 0.3 is 0 Å². The number of carbonyl (C=O) groups is 1. The van der Waals surface area contributed by atoms with Crippen LogP contribution in [0.1, 0.15) is 36.8 Å². The summed E-state index contributed by atoms with van der Waals surface area (Å²) in [5.41, 5.74) is 0. The third kappa shape index (κ3) is 2.98. The van der Waals surface area contributed by atoms with E-state index in [1.807, 2.05) is 30.9 Å². The smallest absolute Gasteiger partial charge is 0.287 e. The Hall–Kier alpha value is -2.31. The summed E-state index contributed by atoms with van der Waals surface area (Å²) in [6, 6.07) is 0.00899. The van der Waals surface area contributed by atoms with Gasteiger partial charge in [0.05, 0.1) is 18.4 Å². The lowest BCUT2D eigenvalue weighted by Crippen LogP contribution is -2.43. The highest BCUT2D eigenvalue weighted by Crippen LogP contribution is 2.24. The lowest BCUT2D eigenvalue weighted by atomic mass is 10.2. The number of ether oxygens (including phenoxy) is 1. The number of rotatable bonds is 5. The molecule has 2 aromatic heterocycles. The predicted molar refractivity (Wildman–Crippen MR) is 80.6 cm³/mol. The van der Waals surface area contributed by atoms with Crippen molar-refractivity contribution in [1.29, 1.82) is 0 Å². The van der Waals surface area contributed by atoms with Crippen LogP contribution in [0.2, 0.25) is 0 Å². The molecule has 1 aliphatic rings. The van der Waals surface area contributed by atoms with Crippen LogP contribution in [0.4, 0.5) is 0 Å². The summed E-state index contributed by atoms with van der Waals surface area (Å²) in [4.78, 5) is 16.5. The Balaban J connectivity index is 1.64. The minimum atomic E-state index is -0.140. The molecule has 22 heavy (non-hydrogen) atoms. The van der Waals surface area contributed by atoms with E-state index >= 15 is 0 Å². The number of aryl methyl sites for hydroxylation is 2. The van der Waals surface area contributed by atoms with Gasteiger partial charge in [0.1, 0.15) is 6.10 Å². The van der Waals surface area contributed by atoms with E-state index in [0.717, 1.165) is 31.6 Å². The highest BCUT2D eigenvalue weighted by atomic mass is 16.5. The van der Waals surface area contributed by atoms with E-state index in [0.29, 0.717) is 5.82 Å². The summed E-state index contributed by atoms with van der Waals surface area (Å²) in [7, 11) is 1.85. The van der Waals surface area contributed by atoms with E-state index in [2.05, 4.69) is 15.4 Å². The zero-order valence-corrected chi connectivity index (χ0v) is 12.9. The molecular formula is C15H21N5O2. The van der Waals surface area contributed by atoms with E-state index in [9.17, 15) is 4.79 Å². The van der Waals surface area contributed by atoms with Crippen LogP contribution in [-0.4, -0.2) is 37.4 Å². The van der Waals surface area contributed by atoms with Crippen LogP contribution in [0.3, 0.4) is 0 Å². The van der Waals surface area contributed by atoms with E-state index in [1.54, 1.807) is 17.1 Å². The molecule has 7 heteroatoms. The maximum absolute atomic E-state index is 12.4. The predicted octanol–water partition coefficient (Wildman–Crippen LogP) is 1.37. The van der Waals surface area contributed by atoms with Crippen LogP contribution < -0.4 is 10.1 Å². The van der Waals surface area contributed by atoms with Crippen LogP contribution in [0.15, 0.2) is 24.8 Å². The molecule has 1 aliphatic carbocycles. The Kier molecular flexibility index (Phi) is 4.13. The van der Waals surface area contributed by atoms with E-state index in [4.69, 9.17) is 4.74 Å². The van der Waals surface area contributed by atoms with Gasteiger partial charge in [0.15, 0.2) is 11.6 Å². The van der Waals surface area contributed by atoms with Crippen molar-refractivity contribution < 1.29 is 9.53 Å². The molecule has 2 heterocycles. The second-order valence-electron chi connectivity index (χ2n) is 5.55. The number of nitrogens with zero attached hydrogens (tertiary/aromatic N) is 4. The van der Waals surface area contributed by atoms with Gasteiger partial charge in [-0.05, 0) is 26.2 Å². The Bertz CT molecular complexity index is 648. The first-order valence-corrected chi connectivity index (χ1v) is 7.64. The standard InChI is InChI=1S/C15H21N5O2/c1-3-20-8-7-16-14(20)15(21)18-12-5-4-6-13(12)22-11-9-17-19(2)10-11/h7-10,12-13H,3-6H2,1-2H3,(H,18,21)/t12-,13+/m0/s1. The summed E-state index contributed by atoms with van der Waals surface area (Å²) in [5.74, 6) is 1.05. The first-order valence-electron chi connectivity index (χ1n) is 7.64. The summed E-state index contributed by atoms with van der Waals surface area (Å²) in [6.07, 6.45) is 9.87. The van der Waals surface area contributed by atoms with Gasteiger partial charge in [0.2, 0.25) is 0 Å². The molecule has 2 aromatic rings. The second kappa shape index (κ2) is 6.21. The quantitative estimate of drug-likeness (QED) is 0.905. The Labute approximate surface area is 129 Å². The minimum Gasteiger partial charge on any atom is -0.485 e. The lowest BCUT2D eigenvalue weighted by molar-refractivity contribution is 0.0879. The fourth-order valence-corrected chi connectivity index (χ4v) is 2.87. The van der Waals surface area contributed by atoms with Gasteiger partial charge in [0.25, 0.3) is 5.91 Å². The Morgan fingerprint density at radius 2 is 2.36 bits per heavy atom. The van der Waals surface area contributed by atoms with Crippen molar-refractivity contribution in [2.24, 2.45) is 7.05 Å². The highest BCUT2D eigenvalue weighted by Gasteiger charge is 2.31. The molecule has 118 valence electrons. The Morgan fingerprint density at radius 3 is 3.09 bits per heavy atom. The lowest BCUT2D eigenvalue weighted by Gasteiger charge is -2.21. The van der Waals surface area contributed by atoms with Gasteiger partial charge in [-0.1, -0.05) is 0 Å². The molecule has 0 saturated heterocycles. The molecule has 0 spiro atoms. The van der Waals surface area contributed by atoms with Gasteiger partial charge < -0.3 is 14.6 Å². The molecule has 0 radical (unpaired) electrons. The fraction of sp³-hybridized carbons (Fsp3) is 0.533. The summed E-state index contributed by atoms with van der Waals surface area (Å²) < 4.78 is 9.50. The molecule has 0 bridgehead atoms. The van der Waals surface area contributed by atoms with Gasteiger partial charge in [-0.3, -0.25) is 9.48 Å². The molecule has 0 aromatic carbocycles. The van der Waals surface area contributed by atoms with Crippen LogP contribution in [0.25, 0.3) is 0 Å². The molecular weight excluding hydrogens is 282 g/mol. The van der Waals surface area contributed by atoms with E-state index in [-0.39, 0.29) is 18.1 Å². The number of carbonyl (C=O) groups excluding carboxylic acids is 1. The van der Waals surface area contributed by atoms with Crippen LogP contribution in [0.5, 0.6) is 5.75 Å². The number of amides is 1. The number of hydrogen-bond donors (Lipinski definition) is 1. The molecule has 1 saturated carbocycles. The normalized spacial score (nSPS) is 21.0. The average Bonchev–Trinajstić information content (AvgIpc) is 3.21. The van der Waals surface area contributed by atoms with Gasteiger partial charge in [-0.2, -0.15) is 5.10 Å². The molecule has 0 unspecified atom stereocenters.